The maximum Gasteiger partial charge on any atom is 0.145 e. The minimum Gasteiger partial charge on any atom is -0.296 e. The maximum atomic E-state index is 14.0. The van der Waals surface area contributed by atoms with Crippen LogP contribution in [-0.4, -0.2) is 17.5 Å². The summed E-state index contributed by atoms with van der Waals surface area (Å²) in [7, 11) is 0. The van der Waals surface area contributed by atoms with Crippen LogP contribution in [0.15, 0.2) is 18.2 Å². The van der Waals surface area contributed by atoms with Gasteiger partial charge in [0, 0.05) is 18.2 Å². The molecule has 0 spiro atoms. The van der Waals surface area contributed by atoms with Crippen molar-refractivity contribution in [2.75, 3.05) is 6.54 Å². The fraction of sp³-hybridized carbons (Fsp3) is 0.533. The highest BCUT2D eigenvalue weighted by atomic mass is 19.1. The Morgan fingerprint density at radius 1 is 1.44 bits per heavy atom. The van der Waals surface area contributed by atoms with Gasteiger partial charge in [-0.2, -0.15) is 5.26 Å². The number of halogens is 1. The predicted molar refractivity (Wildman–Crippen MR) is 69.4 cm³/mol. The van der Waals surface area contributed by atoms with Gasteiger partial charge in [-0.15, -0.1) is 0 Å². The molecule has 2 nitrogen and oxygen atoms in total. The molecule has 0 bridgehead atoms. The molecule has 0 aromatic heterocycles. The normalized spacial score (nSPS) is 24.8. The van der Waals surface area contributed by atoms with Gasteiger partial charge in [0.1, 0.15) is 11.9 Å². The summed E-state index contributed by atoms with van der Waals surface area (Å²) in [5.74, 6) is 0.400. The molecule has 1 aromatic carbocycles. The molecule has 0 radical (unpaired) electrons. The van der Waals surface area contributed by atoms with E-state index in [-0.39, 0.29) is 11.4 Å². The van der Waals surface area contributed by atoms with Gasteiger partial charge in [-0.25, -0.2) is 4.39 Å². The summed E-state index contributed by atoms with van der Waals surface area (Å²) < 4.78 is 14.0. The van der Waals surface area contributed by atoms with E-state index in [0.29, 0.717) is 18.2 Å². The lowest BCUT2D eigenvalue weighted by Gasteiger charge is -2.36. The largest absolute Gasteiger partial charge is 0.296 e. The molecule has 1 aromatic rings. The van der Waals surface area contributed by atoms with Crippen LogP contribution in [0, 0.1) is 23.1 Å². The van der Waals surface area contributed by atoms with Gasteiger partial charge in [0.25, 0.3) is 0 Å². The van der Waals surface area contributed by atoms with Gasteiger partial charge in [0.2, 0.25) is 0 Å². The highest BCUT2D eigenvalue weighted by Crippen LogP contribution is 2.24. The Morgan fingerprint density at radius 3 is 2.89 bits per heavy atom. The molecule has 1 saturated heterocycles. The molecule has 1 aliphatic heterocycles. The van der Waals surface area contributed by atoms with E-state index in [2.05, 4.69) is 18.7 Å². The number of hydrogen-bond acceptors (Lipinski definition) is 2. The third kappa shape index (κ3) is 2.70. The van der Waals surface area contributed by atoms with Crippen molar-refractivity contribution in [1.82, 2.24) is 4.90 Å². The van der Waals surface area contributed by atoms with Crippen molar-refractivity contribution in [3.05, 3.63) is 35.1 Å². The van der Waals surface area contributed by atoms with Crippen molar-refractivity contribution >= 4 is 0 Å². The molecule has 18 heavy (non-hydrogen) atoms. The highest BCUT2D eigenvalue weighted by molar-refractivity contribution is 5.34. The molecule has 1 heterocycles. The molecule has 2 atom stereocenters. The number of hydrogen-bond donors (Lipinski definition) is 0. The van der Waals surface area contributed by atoms with Crippen LogP contribution < -0.4 is 0 Å². The summed E-state index contributed by atoms with van der Waals surface area (Å²) >= 11 is 0. The van der Waals surface area contributed by atoms with Gasteiger partial charge in [-0.1, -0.05) is 19.1 Å². The minimum absolute atomic E-state index is 0.144. The molecule has 3 heteroatoms. The van der Waals surface area contributed by atoms with E-state index in [1.165, 1.54) is 18.9 Å². The lowest BCUT2D eigenvalue weighted by molar-refractivity contribution is 0.121. The first-order chi connectivity index (χ1) is 8.61. The number of nitriles is 1. The Kier molecular flexibility index (Phi) is 3.98. The number of benzene rings is 1. The molecule has 0 amide bonds. The lowest BCUT2D eigenvalue weighted by atomic mass is 9.93. The van der Waals surface area contributed by atoms with Gasteiger partial charge >= 0.3 is 0 Å². The van der Waals surface area contributed by atoms with E-state index in [0.717, 1.165) is 12.5 Å². The quantitative estimate of drug-likeness (QED) is 0.800. The maximum absolute atomic E-state index is 14.0. The summed E-state index contributed by atoms with van der Waals surface area (Å²) in [5.41, 5.74) is 0.779. The number of nitrogens with zero attached hydrogens (tertiary/aromatic N) is 2. The summed E-state index contributed by atoms with van der Waals surface area (Å²) in [6, 6.07) is 7.45. The van der Waals surface area contributed by atoms with Crippen LogP contribution in [0.4, 0.5) is 4.39 Å². The van der Waals surface area contributed by atoms with Crippen molar-refractivity contribution in [3.8, 4) is 6.07 Å². The van der Waals surface area contributed by atoms with Gasteiger partial charge in [0.05, 0.1) is 5.56 Å². The first kappa shape index (κ1) is 13.0. The third-order valence-electron chi connectivity index (χ3n) is 3.85. The molecule has 1 aliphatic rings. The minimum atomic E-state index is -0.356. The first-order valence-corrected chi connectivity index (χ1v) is 6.53. The molecule has 2 rings (SSSR count). The van der Waals surface area contributed by atoms with Gasteiger partial charge in [-0.05, 0) is 38.3 Å². The smallest absolute Gasteiger partial charge is 0.145 e. The summed E-state index contributed by atoms with van der Waals surface area (Å²) in [4.78, 5) is 2.31. The van der Waals surface area contributed by atoms with Crippen LogP contribution in [0.3, 0.4) is 0 Å². The van der Waals surface area contributed by atoms with Crippen LogP contribution >= 0.6 is 0 Å². The second-order valence-electron chi connectivity index (χ2n) is 5.34. The third-order valence-corrected chi connectivity index (χ3v) is 3.85. The molecular weight excluding hydrogens is 227 g/mol. The van der Waals surface area contributed by atoms with Crippen molar-refractivity contribution in [1.29, 1.82) is 5.26 Å². The fourth-order valence-electron chi connectivity index (χ4n) is 2.70. The Bertz CT molecular complexity index is 464. The van der Waals surface area contributed by atoms with Crippen molar-refractivity contribution in [3.63, 3.8) is 0 Å². The molecule has 96 valence electrons. The van der Waals surface area contributed by atoms with E-state index in [1.807, 2.05) is 6.07 Å². The number of likely N-dealkylation sites (tertiary alicyclic amines) is 1. The monoisotopic (exact) mass is 246 g/mol. The van der Waals surface area contributed by atoms with E-state index in [9.17, 15) is 4.39 Å². The lowest BCUT2D eigenvalue weighted by Crippen LogP contribution is -2.39. The topological polar surface area (TPSA) is 27.0 Å². The first-order valence-electron chi connectivity index (χ1n) is 6.53. The Morgan fingerprint density at radius 2 is 2.22 bits per heavy atom. The molecule has 2 unspecified atom stereocenters. The van der Waals surface area contributed by atoms with Crippen molar-refractivity contribution in [2.24, 2.45) is 5.92 Å². The van der Waals surface area contributed by atoms with Crippen LogP contribution in [0.25, 0.3) is 0 Å². The van der Waals surface area contributed by atoms with Crippen LogP contribution in [0.2, 0.25) is 0 Å². The average Bonchev–Trinajstić information content (AvgIpc) is 2.35. The molecule has 0 N–H and O–H groups in total. The number of rotatable bonds is 2. The van der Waals surface area contributed by atoms with Crippen LogP contribution in [0.5, 0.6) is 0 Å². The zero-order valence-corrected chi connectivity index (χ0v) is 11.0. The predicted octanol–water partition coefficient (Wildman–Crippen LogP) is 3.32. The second-order valence-corrected chi connectivity index (χ2v) is 5.34. The average molecular weight is 246 g/mol. The Balaban J connectivity index is 2.13. The standard InChI is InChI=1S/C15H19FN2/c1-11-6-7-18(12(2)8-11)10-14-5-3-4-13(9-17)15(14)16/h3-5,11-12H,6-8,10H2,1-2H3. The number of piperidine rings is 1. The van der Waals surface area contributed by atoms with E-state index in [4.69, 9.17) is 5.26 Å². The highest BCUT2D eigenvalue weighted by Gasteiger charge is 2.23. The van der Waals surface area contributed by atoms with Crippen molar-refractivity contribution in [2.45, 2.75) is 39.3 Å². The molecule has 0 saturated carbocycles. The molecular formula is C15H19FN2. The van der Waals surface area contributed by atoms with Gasteiger partial charge < -0.3 is 0 Å². The van der Waals surface area contributed by atoms with Crippen LogP contribution in [-0.2, 0) is 6.54 Å². The molecule has 0 aliphatic carbocycles. The SMILES string of the molecule is CC1CCN(Cc2cccc(C#N)c2F)C(C)C1. The fourth-order valence-corrected chi connectivity index (χ4v) is 2.70. The van der Waals surface area contributed by atoms with Gasteiger partial charge in [0.15, 0.2) is 0 Å². The summed E-state index contributed by atoms with van der Waals surface area (Å²) in [6.45, 7) is 6.08. The van der Waals surface area contributed by atoms with E-state index < -0.39 is 0 Å². The summed E-state index contributed by atoms with van der Waals surface area (Å²) in [5, 5.41) is 8.83. The molecule has 1 fully saturated rings. The Labute approximate surface area is 108 Å². The second kappa shape index (κ2) is 5.49. The Hall–Kier alpha value is -1.40. The summed E-state index contributed by atoms with van der Waals surface area (Å²) in [6.07, 6.45) is 2.34. The van der Waals surface area contributed by atoms with Gasteiger partial charge in [-0.3, -0.25) is 4.90 Å². The van der Waals surface area contributed by atoms with E-state index in [1.54, 1.807) is 12.1 Å². The zero-order chi connectivity index (χ0) is 13.1. The zero-order valence-electron chi connectivity index (χ0n) is 11.0. The van der Waals surface area contributed by atoms with Crippen LogP contribution in [0.1, 0.15) is 37.8 Å². The van der Waals surface area contributed by atoms with Crippen molar-refractivity contribution < 1.29 is 4.39 Å². The van der Waals surface area contributed by atoms with E-state index >= 15 is 0 Å².